The number of carboxylic acid groups (broad SMARTS) is 1. The topological polar surface area (TPSA) is 102 Å². The quantitative estimate of drug-likeness (QED) is 0.634. The SMILES string of the molecule is O=C(O)CONc1cc(Cl)c(Cl)cc1[N+](=O)[O-]. The molecule has 7 nitrogen and oxygen atoms in total. The largest absolute Gasteiger partial charge is 0.479 e. The molecule has 0 radical (unpaired) electrons. The van der Waals surface area contributed by atoms with Gasteiger partial charge in [0.15, 0.2) is 6.61 Å². The lowest BCUT2D eigenvalue weighted by atomic mass is 10.3. The maximum atomic E-state index is 10.7. The minimum atomic E-state index is -1.22. The van der Waals surface area contributed by atoms with Gasteiger partial charge in [0.25, 0.3) is 5.69 Å². The summed E-state index contributed by atoms with van der Waals surface area (Å²) in [5, 5.41) is 19.1. The zero-order valence-electron chi connectivity index (χ0n) is 8.15. The first-order valence-corrected chi connectivity index (χ1v) is 4.90. The van der Waals surface area contributed by atoms with Crippen LogP contribution in [-0.4, -0.2) is 22.6 Å². The van der Waals surface area contributed by atoms with Crippen molar-refractivity contribution in [2.45, 2.75) is 0 Å². The molecule has 2 N–H and O–H groups in total. The first-order valence-electron chi connectivity index (χ1n) is 4.15. The Labute approximate surface area is 105 Å². The van der Waals surface area contributed by atoms with Gasteiger partial charge in [0.1, 0.15) is 5.69 Å². The van der Waals surface area contributed by atoms with Crippen molar-refractivity contribution in [1.29, 1.82) is 0 Å². The van der Waals surface area contributed by atoms with E-state index in [4.69, 9.17) is 28.3 Å². The molecular formula is C8H6Cl2N2O5. The molecule has 0 unspecified atom stereocenters. The summed E-state index contributed by atoms with van der Waals surface area (Å²) in [7, 11) is 0. The molecule has 0 saturated carbocycles. The lowest BCUT2D eigenvalue weighted by Gasteiger charge is -2.07. The van der Waals surface area contributed by atoms with Gasteiger partial charge in [-0.3, -0.25) is 20.4 Å². The smallest absolute Gasteiger partial charge is 0.332 e. The summed E-state index contributed by atoms with van der Waals surface area (Å²) in [6.07, 6.45) is 0. The fourth-order valence-electron chi connectivity index (χ4n) is 0.945. The minimum Gasteiger partial charge on any atom is -0.479 e. The zero-order chi connectivity index (χ0) is 13.0. The average molecular weight is 281 g/mol. The van der Waals surface area contributed by atoms with Crippen molar-refractivity contribution in [2.24, 2.45) is 0 Å². The Morgan fingerprint density at radius 2 is 2.06 bits per heavy atom. The third kappa shape index (κ3) is 3.74. The number of nitro groups is 1. The van der Waals surface area contributed by atoms with Crippen molar-refractivity contribution in [2.75, 3.05) is 12.1 Å². The Morgan fingerprint density at radius 1 is 1.47 bits per heavy atom. The molecule has 0 aliphatic carbocycles. The highest BCUT2D eigenvalue weighted by molar-refractivity contribution is 6.42. The number of carboxylic acids is 1. The van der Waals surface area contributed by atoms with Gasteiger partial charge in [-0.2, -0.15) is 0 Å². The number of aliphatic carboxylic acids is 1. The monoisotopic (exact) mass is 280 g/mol. The van der Waals surface area contributed by atoms with E-state index in [1.165, 1.54) is 6.07 Å². The van der Waals surface area contributed by atoms with Gasteiger partial charge in [0.2, 0.25) is 0 Å². The van der Waals surface area contributed by atoms with E-state index in [0.29, 0.717) is 0 Å². The first kappa shape index (κ1) is 13.5. The molecule has 0 saturated heterocycles. The van der Waals surface area contributed by atoms with Crippen LogP contribution < -0.4 is 5.48 Å². The molecule has 9 heteroatoms. The lowest BCUT2D eigenvalue weighted by Crippen LogP contribution is -2.12. The Balaban J connectivity index is 2.92. The highest BCUT2D eigenvalue weighted by Crippen LogP contribution is 2.33. The molecule has 0 aliphatic heterocycles. The van der Waals surface area contributed by atoms with Crippen LogP contribution in [0.1, 0.15) is 0 Å². The average Bonchev–Trinajstić information content (AvgIpc) is 2.22. The van der Waals surface area contributed by atoms with Crippen LogP contribution in [0.4, 0.5) is 11.4 Å². The van der Waals surface area contributed by atoms with Crippen LogP contribution in [0.5, 0.6) is 0 Å². The van der Waals surface area contributed by atoms with Crippen molar-refractivity contribution in [1.82, 2.24) is 0 Å². The molecule has 0 aromatic heterocycles. The summed E-state index contributed by atoms with van der Waals surface area (Å²) in [4.78, 5) is 24.7. The van der Waals surface area contributed by atoms with Gasteiger partial charge in [-0.25, -0.2) is 4.79 Å². The number of nitrogens with zero attached hydrogens (tertiary/aromatic N) is 1. The van der Waals surface area contributed by atoms with Crippen LogP contribution in [0, 0.1) is 10.1 Å². The highest BCUT2D eigenvalue weighted by atomic mass is 35.5. The number of benzene rings is 1. The second-order valence-corrected chi connectivity index (χ2v) is 3.64. The van der Waals surface area contributed by atoms with Gasteiger partial charge in [0.05, 0.1) is 15.0 Å². The summed E-state index contributed by atoms with van der Waals surface area (Å²) in [5.41, 5.74) is 1.68. The van der Waals surface area contributed by atoms with E-state index in [9.17, 15) is 14.9 Å². The number of carbonyl (C=O) groups is 1. The van der Waals surface area contributed by atoms with Crippen LogP contribution in [0.2, 0.25) is 10.0 Å². The molecule has 0 spiro atoms. The molecule has 92 valence electrons. The third-order valence-corrected chi connectivity index (χ3v) is 2.34. The molecule has 17 heavy (non-hydrogen) atoms. The Bertz CT molecular complexity index is 465. The van der Waals surface area contributed by atoms with Crippen LogP contribution in [0.15, 0.2) is 12.1 Å². The molecule has 0 fully saturated rings. The standard InChI is InChI=1S/C8H6Cl2N2O5/c9-4-1-6(11-17-3-8(13)14)7(12(15)16)2-5(4)10/h1-2,11H,3H2,(H,13,14). The van der Waals surface area contributed by atoms with Gasteiger partial charge in [-0.1, -0.05) is 23.2 Å². The van der Waals surface area contributed by atoms with Gasteiger partial charge in [-0.05, 0) is 6.07 Å². The maximum absolute atomic E-state index is 10.7. The van der Waals surface area contributed by atoms with E-state index < -0.39 is 17.5 Å². The van der Waals surface area contributed by atoms with E-state index >= 15 is 0 Å². The molecule has 0 atom stereocenters. The van der Waals surface area contributed by atoms with Crippen LogP contribution in [-0.2, 0) is 9.63 Å². The van der Waals surface area contributed by atoms with E-state index in [-0.39, 0.29) is 21.4 Å². The molecule has 1 aromatic carbocycles. The van der Waals surface area contributed by atoms with Gasteiger partial charge in [0, 0.05) is 6.07 Å². The molecule has 0 heterocycles. The Kier molecular flexibility index (Phi) is 4.50. The summed E-state index contributed by atoms with van der Waals surface area (Å²) < 4.78 is 0. The molecule has 1 rings (SSSR count). The molecular weight excluding hydrogens is 275 g/mol. The van der Waals surface area contributed by atoms with Crippen molar-refractivity contribution in [3.8, 4) is 0 Å². The van der Waals surface area contributed by atoms with Crippen molar-refractivity contribution in [3.05, 3.63) is 32.3 Å². The maximum Gasteiger partial charge on any atom is 0.332 e. The number of hydrogen-bond acceptors (Lipinski definition) is 5. The number of anilines is 1. The van der Waals surface area contributed by atoms with E-state index in [0.717, 1.165) is 6.07 Å². The predicted molar refractivity (Wildman–Crippen MR) is 60.3 cm³/mol. The molecule has 0 aliphatic rings. The number of halogens is 2. The van der Waals surface area contributed by atoms with E-state index in [1.54, 1.807) is 0 Å². The number of hydrogen-bond donors (Lipinski definition) is 2. The van der Waals surface area contributed by atoms with Crippen molar-refractivity contribution in [3.63, 3.8) is 0 Å². The van der Waals surface area contributed by atoms with Gasteiger partial charge in [-0.15, -0.1) is 0 Å². The number of nitro benzene ring substituents is 1. The van der Waals surface area contributed by atoms with E-state index in [1.807, 2.05) is 0 Å². The summed E-state index contributed by atoms with van der Waals surface area (Å²) in [5.74, 6) is -1.22. The fourth-order valence-corrected chi connectivity index (χ4v) is 1.27. The highest BCUT2D eigenvalue weighted by Gasteiger charge is 2.17. The number of nitrogens with one attached hydrogen (secondary N) is 1. The Hall–Kier alpha value is -1.57. The second-order valence-electron chi connectivity index (χ2n) is 2.83. The number of rotatable bonds is 5. The molecule has 0 amide bonds. The van der Waals surface area contributed by atoms with Crippen LogP contribution in [0.3, 0.4) is 0 Å². The summed E-state index contributed by atoms with van der Waals surface area (Å²) >= 11 is 11.3. The van der Waals surface area contributed by atoms with Crippen LogP contribution in [0.25, 0.3) is 0 Å². The minimum absolute atomic E-state index is 0.0159. The zero-order valence-corrected chi connectivity index (χ0v) is 9.66. The summed E-state index contributed by atoms with van der Waals surface area (Å²) in [6.45, 7) is -0.655. The van der Waals surface area contributed by atoms with Crippen molar-refractivity contribution < 1.29 is 19.7 Å². The second kappa shape index (κ2) is 5.67. The lowest BCUT2D eigenvalue weighted by molar-refractivity contribution is -0.384. The first-order chi connectivity index (χ1) is 7.91. The fraction of sp³-hybridized carbons (Fsp3) is 0.125. The van der Waals surface area contributed by atoms with Gasteiger partial charge >= 0.3 is 5.97 Å². The molecule has 0 bridgehead atoms. The summed E-state index contributed by atoms with van der Waals surface area (Å²) in [6, 6.07) is 2.21. The predicted octanol–water partition coefficient (Wildman–Crippen LogP) is 2.33. The van der Waals surface area contributed by atoms with Crippen LogP contribution >= 0.6 is 23.2 Å². The normalized spacial score (nSPS) is 10.0. The van der Waals surface area contributed by atoms with E-state index in [2.05, 4.69) is 10.3 Å². The van der Waals surface area contributed by atoms with Crippen molar-refractivity contribution >= 4 is 40.5 Å². The molecule has 1 aromatic rings. The van der Waals surface area contributed by atoms with Gasteiger partial charge < -0.3 is 5.11 Å². The Morgan fingerprint density at radius 3 is 2.59 bits per heavy atom. The third-order valence-electron chi connectivity index (χ3n) is 1.61.